The molecule has 0 aliphatic carbocycles. The van der Waals surface area contributed by atoms with Crippen LogP contribution < -0.4 is 4.90 Å². The molecule has 1 aromatic heterocycles. The summed E-state index contributed by atoms with van der Waals surface area (Å²) in [7, 11) is 1.41. The highest BCUT2D eigenvalue weighted by Crippen LogP contribution is 2.38. The van der Waals surface area contributed by atoms with Gasteiger partial charge in [-0.1, -0.05) is 36.4 Å². The highest BCUT2D eigenvalue weighted by molar-refractivity contribution is 5.85. The topological polar surface area (TPSA) is 36.4 Å². The lowest BCUT2D eigenvalue weighted by Gasteiger charge is -2.40. The van der Waals surface area contributed by atoms with Crippen molar-refractivity contribution in [2.24, 2.45) is 5.92 Å². The molecule has 3 aromatic rings. The van der Waals surface area contributed by atoms with Gasteiger partial charge in [-0.05, 0) is 47.9 Å². The van der Waals surface area contributed by atoms with Crippen molar-refractivity contribution in [1.29, 1.82) is 0 Å². The Kier molecular flexibility index (Phi) is 8.97. The third kappa shape index (κ3) is 6.78. The second-order valence-electron chi connectivity index (χ2n) is 9.15. The lowest BCUT2D eigenvalue weighted by Crippen LogP contribution is -2.46. The molecule has 4 rings (SSSR count). The van der Waals surface area contributed by atoms with Crippen LogP contribution in [0, 0.1) is 5.92 Å². The van der Waals surface area contributed by atoms with E-state index in [0.29, 0.717) is 31.6 Å². The van der Waals surface area contributed by atoms with Crippen LogP contribution in [0.5, 0.6) is 0 Å². The number of amides is 1. The predicted molar refractivity (Wildman–Crippen MR) is 134 cm³/mol. The van der Waals surface area contributed by atoms with Gasteiger partial charge in [0.1, 0.15) is 5.82 Å². The summed E-state index contributed by atoms with van der Waals surface area (Å²) in [6, 6.07) is 16.4. The molecule has 0 bridgehead atoms. The molecule has 2 aromatic carbocycles. The van der Waals surface area contributed by atoms with Crippen LogP contribution in [0.2, 0.25) is 0 Å². The van der Waals surface area contributed by atoms with Gasteiger partial charge in [-0.15, -0.1) is 12.4 Å². The lowest BCUT2D eigenvalue weighted by atomic mass is 9.79. The number of pyridine rings is 1. The lowest BCUT2D eigenvalue weighted by molar-refractivity contribution is -0.143. The molecular weight excluding hydrogens is 532 g/mol. The number of halogens is 7. The number of nitrogens with zero attached hydrogens (tertiary/aromatic N) is 3. The third-order valence-electron chi connectivity index (χ3n) is 6.57. The summed E-state index contributed by atoms with van der Waals surface area (Å²) in [4.78, 5) is 21.2. The Morgan fingerprint density at radius 2 is 1.55 bits per heavy atom. The van der Waals surface area contributed by atoms with E-state index in [1.807, 2.05) is 42.5 Å². The average molecular weight is 558 g/mol. The molecule has 0 radical (unpaired) electrons. The van der Waals surface area contributed by atoms with Crippen molar-refractivity contribution in [3.05, 3.63) is 95.2 Å². The number of benzene rings is 2. The van der Waals surface area contributed by atoms with E-state index in [1.165, 1.54) is 11.9 Å². The van der Waals surface area contributed by atoms with Crippen molar-refractivity contribution in [2.75, 3.05) is 25.0 Å². The first-order valence-corrected chi connectivity index (χ1v) is 11.7. The van der Waals surface area contributed by atoms with Gasteiger partial charge in [0, 0.05) is 44.7 Å². The van der Waals surface area contributed by atoms with Crippen LogP contribution >= 0.6 is 12.4 Å². The van der Waals surface area contributed by atoms with Crippen LogP contribution in [0.25, 0.3) is 0 Å². The standard InChI is InChI=1S/C27H25F6N3O.ClH/c1-35(16-18-13-20(26(28,29)30)15-21(14-18)27(31,32)33)25(37)22-10-12-36(24-9-5-6-11-34-24)17-23(22)19-7-3-2-4-8-19;/h2-9,11,13-15,22-23H,10,12,16-17H2,1H3;1H. The third-order valence-corrected chi connectivity index (χ3v) is 6.57. The van der Waals surface area contributed by atoms with Gasteiger partial charge in [-0.25, -0.2) is 4.98 Å². The first-order valence-electron chi connectivity index (χ1n) is 11.7. The van der Waals surface area contributed by atoms with E-state index >= 15 is 0 Å². The van der Waals surface area contributed by atoms with Gasteiger partial charge in [0.2, 0.25) is 5.91 Å². The molecule has 2 atom stereocenters. The van der Waals surface area contributed by atoms with E-state index in [-0.39, 0.29) is 42.4 Å². The minimum Gasteiger partial charge on any atom is -0.356 e. The number of piperidine rings is 1. The second kappa shape index (κ2) is 11.6. The van der Waals surface area contributed by atoms with Gasteiger partial charge in [-0.2, -0.15) is 26.3 Å². The first kappa shape index (κ1) is 29.3. The summed E-state index contributed by atoms with van der Waals surface area (Å²) in [5.74, 6) is -0.300. The fraction of sp³-hybridized carbons (Fsp3) is 0.333. The second-order valence-corrected chi connectivity index (χ2v) is 9.15. The van der Waals surface area contributed by atoms with Crippen LogP contribution in [-0.4, -0.2) is 35.9 Å². The molecule has 1 saturated heterocycles. The van der Waals surface area contributed by atoms with E-state index in [1.54, 1.807) is 12.3 Å². The highest BCUT2D eigenvalue weighted by Gasteiger charge is 2.39. The predicted octanol–water partition coefficient (Wildman–Crippen LogP) is 6.81. The van der Waals surface area contributed by atoms with Crippen LogP contribution in [0.4, 0.5) is 32.2 Å². The molecule has 1 aliphatic heterocycles. The van der Waals surface area contributed by atoms with E-state index < -0.39 is 29.4 Å². The Hall–Kier alpha value is -3.27. The molecule has 0 N–H and O–H groups in total. The molecule has 11 heteroatoms. The van der Waals surface area contributed by atoms with Gasteiger partial charge < -0.3 is 9.80 Å². The SMILES string of the molecule is CN(Cc1cc(C(F)(F)F)cc(C(F)(F)F)c1)C(=O)C1CCN(c2ccccn2)CC1c1ccccc1.Cl. The molecule has 1 aliphatic rings. The molecule has 0 saturated carbocycles. The fourth-order valence-electron chi connectivity index (χ4n) is 4.78. The molecular formula is C27H26ClF6N3O. The molecule has 0 spiro atoms. The molecule has 2 heterocycles. The summed E-state index contributed by atoms with van der Waals surface area (Å²) >= 11 is 0. The maximum atomic E-state index is 13.5. The number of rotatable bonds is 5. The Morgan fingerprint density at radius 1 is 0.947 bits per heavy atom. The maximum Gasteiger partial charge on any atom is 0.416 e. The summed E-state index contributed by atoms with van der Waals surface area (Å²) in [5.41, 5.74) is -2.11. The zero-order chi connectivity index (χ0) is 26.8. The molecule has 1 amide bonds. The van der Waals surface area contributed by atoms with Crippen LogP contribution in [-0.2, 0) is 23.7 Å². The Balaban J connectivity index is 0.00000400. The van der Waals surface area contributed by atoms with E-state index in [4.69, 9.17) is 0 Å². The average Bonchev–Trinajstić information content (AvgIpc) is 2.87. The number of carbonyl (C=O) groups is 1. The fourth-order valence-corrected chi connectivity index (χ4v) is 4.78. The zero-order valence-corrected chi connectivity index (χ0v) is 21.2. The van der Waals surface area contributed by atoms with E-state index in [2.05, 4.69) is 9.88 Å². The van der Waals surface area contributed by atoms with Crippen molar-refractivity contribution >= 4 is 24.1 Å². The number of hydrogen-bond donors (Lipinski definition) is 0. The van der Waals surface area contributed by atoms with Crippen molar-refractivity contribution in [2.45, 2.75) is 31.2 Å². The smallest absolute Gasteiger partial charge is 0.356 e. The number of anilines is 1. The molecule has 204 valence electrons. The summed E-state index contributed by atoms with van der Waals surface area (Å²) in [6.45, 7) is 0.646. The highest BCUT2D eigenvalue weighted by atomic mass is 35.5. The zero-order valence-electron chi connectivity index (χ0n) is 20.3. The minimum absolute atomic E-state index is 0. The molecule has 4 nitrogen and oxygen atoms in total. The van der Waals surface area contributed by atoms with E-state index in [9.17, 15) is 31.1 Å². The number of carbonyl (C=O) groups excluding carboxylic acids is 1. The number of alkyl halides is 6. The maximum absolute atomic E-state index is 13.5. The van der Waals surface area contributed by atoms with Crippen LogP contribution in [0.15, 0.2) is 72.9 Å². The minimum atomic E-state index is -4.95. The molecule has 38 heavy (non-hydrogen) atoms. The van der Waals surface area contributed by atoms with Crippen molar-refractivity contribution in [1.82, 2.24) is 9.88 Å². The molecule has 1 fully saturated rings. The Morgan fingerprint density at radius 3 is 2.11 bits per heavy atom. The van der Waals surface area contributed by atoms with Crippen LogP contribution in [0.3, 0.4) is 0 Å². The Labute approximate surface area is 222 Å². The van der Waals surface area contributed by atoms with Crippen molar-refractivity contribution in [3.63, 3.8) is 0 Å². The van der Waals surface area contributed by atoms with Crippen molar-refractivity contribution in [3.8, 4) is 0 Å². The number of hydrogen-bond acceptors (Lipinski definition) is 3. The van der Waals surface area contributed by atoms with Gasteiger partial charge >= 0.3 is 12.4 Å². The van der Waals surface area contributed by atoms with E-state index in [0.717, 1.165) is 11.4 Å². The summed E-state index contributed by atoms with van der Waals surface area (Å²) < 4.78 is 79.7. The molecule has 2 unspecified atom stereocenters. The summed E-state index contributed by atoms with van der Waals surface area (Å²) in [5, 5.41) is 0. The summed E-state index contributed by atoms with van der Waals surface area (Å²) in [6.07, 6.45) is -7.76. The van der Waals surface area contributed by atoms with Gasteiger partial charge in [-0.3, -0.25) is 4.79 Å². The largest absolute Gasteiger partial charge is 0.416 e. The van der Waals surface area contributed by atoms with Gasteiger partial charge in [0.25, 0.3) is 0 Å². The number of aromatic nitrogens is 1. The normalized spacial score (nSPS) is 18.0. The van der Waals surface area contributed by atoms with Crippen LogP contribution in [0.1, 0.15) is 34.6 Å². The van der Waals surface area contributed by atoms with Crippen molar-refractivity contribution < 1.29 is 31.1 Å². The van der Waals surface area contributed by atoms with Gasteiger partial charge in [0.05, 0.1) is 11.1 Å². The quantitative estimate of drug-likeness (QED) is 0.323. The monoisotopic (exact) mass is 557 g/mol. The first-order chi connectivity index (χ1) is 17.4. The van der Waals surface area contributed by atoms with Gasteiger partial charge in [0.15, 0.2) is 0 Å². The Bertz CT molecular complexity index is 1190.